The smallest absolute Gasteiger partial charge is 0.153 e. The van der Waals surface area contributed by atoms with Crippen LogP contribution in [0, 0.1) is 0 Å². The summed E-state index contributed by atoms with van der Waals surface area (Å²) in [6.45, 7) is 2.53. The van der Waals surface area contributed by atoms with Gasteiger partial charge in [-0.25, -0.2) is 0 Å². The minimum atomic E-state index is -0.967. The van der Waals surface area contributed by atoms with Gasteiger partial charge in [-0.05, 0) is 41.9 Å². The number of nitrogens with zero attached hydrogens (tertiary/aromatic N) is 1. The zero-order valence-electron chi connectivity index (χ0n) is 10.7. The minimum absolute atomic E-state index is 0.0218. The Morgan fingerprint density at radius 1 is 1.42 bits per heavy atom. The van der Waals surface area contributed by atoms with Crippen LogP contribution in [0.2, 0.25) is 5.02 Å². The summed E-state index contributed by atoms with van der Waals surface area (Å²) in [6, 6.07) is 7.03. The van der Waals surface area contributed by atoms with E-state index in [1.54, 1.807) is 12.1 Å². The molecule has 1 heterocycles. The number of hydrogen-bond donors (Lipinski definition) is 2. The molecule has 6 heteroatoms. The SMILES string of the molecule is N[C@H](CO)CCN1CC([S+]([O-])c2ccc(Cl)cc2)C1. The van der Waals surface area contributed by atoms with Gasteiger partial charge < -0.3 is 15.4 Å². The molecule has 0 aromatic heterocycles. The second kappa shape index (κ2) is 6.92. The predicted octanol–water partition coefficient (Wildman–Crippen LogP) is 0.842. The lowest BCUT2D eigenvalue weighted by atomic mass is 10.1. The van der Waals surface area contributed by atoms with E-state index in [1.165, 1.54) is 0 Å². The average molecular weight is 303 g/mol. The summed E-state index contributed by atoms with van der Waals surface area (Å²) in [5.74, 6) is 0. The van der Waals surface area contributed by atoms with Gasteiger partial charge in [0.1, 0.15) is 5.25 Å². The highest BCUT2D eigenvalue weighted by Gasteiger charge is 2.36. The third-order valence-corrected chi connectivity index (χ3v) is 5.22. The van der Waals surface area contributed by atoms with Gasteiger partial charge in [-0.2, -0.15) is 0 Å². The molecule has 1 aliphatic heterocycles. The Morgan fingerprint density at radius 2 is 2.05 bits per heavy atom. The molecule has 19 heavy (non-hydrogen) atoms. The summed E-state index contributed by atoms with van der Waals surface area (Å²) in [6.07, 6.45) is 0.775. The van der Waals surface area contributed by atoms with E-state index < -0.39 is 11.2 Å². The molecule has 0 bridgehead atoms. The fourth-order valence-electron chi connectivity index (χ4n) is 2.04. The molecule has 1 aromatic rings. The molecule has 1 saturated heterocycles. The number of rotatable bonds is 6. The van der Waals surface area contributed by atoms with E-state index >= 15 is 0 Å². The van der Waals surface area contributed by atoms with Crippen molar-refractivity contribution in [1.29, 1.82) is 0 Å². The van der Waals surface area contributed by atoms with Gasteiger partial charge in [0.2, 0.25) is 0 Å². The molecular weight excluding hydrogens is 284 g/mol. The number of hydrogen-bond acceptors (Lipinski definition) is 4. The normalized spacial score (nSPS) is 20.0. The van der Waals surface area contributed by atoms with Crippen LogP contribution in [-0.2, 0) is 11.2 Å². The van der Waals surface area contributed by atoms with Crippen molar-refractivity contribution >= 4 is 22.8 Å². The molecule has 0 aliphatic carbocycles. The van der Waals surface area contributed by atoms with Gasteiger partial charge >= 0.3 is 0 Å². The van der Waals surface area contributed by atoms with Crippen LogP contribution in [0.1, 0.15) is 6.42 Å². The highest BCUT2D eigenvalue weighted by atomic mass is 35.5. The average Bonchev–Trinajstić information content (AvgIpc) is 2.37. The van der Waals surface area contributed by atoms with E-state index in [9.17, 15) is 4.55 Å². The van der Waals surface area contributed by atoms with E-state index in [2.05, 4.69) is 4.90 Å². The van der Waals surface area contributed by atoms with Crippen LogP contribution >= 0.6 is 11.6 Å². The number of aliphatic hydroxyl groups is 1. The highest BCUT2D eigenvalue weighted by Crippen LogP contribution is 2.24. The van der Waals surface area contributed by atoms with E-state index in [0.717, 1.165) is 31.0 Å². The van der Waals surface area contributed by atoms with Gasteiger partial charge in [0.05, 0.1) is 6.61 Å². The lowest BCUT2D eigenvalue weighted by molar-refractivity contribution is 0.167. The summed E-state index contributed by atoms with van der Waals surface area (Å²) in [4.78, 5) is 3.05. The summed E-state index contributed by atoms with van der Waals surface area (Å²) in [7, 11) is 0. The Hall–Kier alpha value is -0.300. The quantitative estimate of drug-likeness (QED) is 0.764. The number of benzene rings is 1. The molecule has 106 valence electrons. The molecule has 3 N–H and O–H groups in total. The molecular formula is C13H19ClN2O2S. The highest BCUT2D eigenvalue weighted by molar-refractivity contribution is 7.92. The maximum atomic E-state index is 12.3. The first-order valence-corrected chi connectivity index (χ1v) is 7.94. The lowest BCUT2D eigenvalue weighted by Crippen LogP contribution is -2.55. The molecule has 0 saturated carbocycles. The van der Waals surface area contributed by atoms with E-state index in [-0.39, 0.29) is 17.9 Å². The zero-order chi connectivity index (χ0) is 13.8. The van der Waals surface area contributed by atoms with Gasteiger partial charge in [-0.1, -0.05) is 11.6 Å². The molecule has 4 nitrogen and oxygen atoms in total. The molecule has 0 radical (unpaired) electrons. The Labute approximate surface area is 121 Å². The second-order valence-electron chi connectivity index (χ2n) is 4.86. The third-order valence-electron chi connectivity index (χ3n) is 3.32. The Kier molecular flexibility index (Phi) is 5.50. The summed E-state index contributed by atoms with van der Waals surface area (Å²) < 4.78 is 12.3. The van der Waals surface area contributed by atoms with Crippen LogP contribution in [0.25, 0.3) is 0 Å². The van der Waals surface area contributed by atoms with Crippen LogP contribution in [0.15, 0.2) is 29.2 Å². The zero-order valence-corrected chi connectivity index (χ0v) is 12.2. The van der Waals surface area contributed by atoms with Crippen molar-refractivity contribution in [1.82, 2.24) is 4.90 Å². The van der Waals surface area contributed by atoms with Crippen molar-refractivity contribution in [3.63, 3.8) is 0 Å². The van der Waals surface area contributed by atoms with Gasteiger partial charge in [-0.3, -0.25) is 4.90 Å². The molecule has 1 unspecified atom stereocenters. The van der Waals surface area contributed by atoms with Crippen LogP contribution in [0.5, 0.6) is 0 Å². The molecule has 1 aromatic carbocycles. The van der Waals surface area contributed by atoms with Gasteiger partial charge in [0.15, 0.2) is 4.90 Å². The van der Waals surface area contributed by atoms with Crippen LogP contribution in [0.4, 0.5) is 0 Å². The Morgan fingerprint density at radius 3 is 2.63 bits per heavy atom. The van der Waals surface area contributed by atoms with Gasteiger partial charge in [-0.15, -0.1) is 0 Å². The standard InChI is InChI=1S/C13H19ClN2O2S/c14-10-1-3-12(4-2-10)19(18)13-7-16(8-13)6-5-11(15)9-17/h1-4,11,13,17H,5-9,15H2/t11-,19?/m0/s1. The largest absolute Gasteiger partial charge is 0.611 e. The van der Waals surface area contributed by atoms with Crippen LogP contribution < -0.4 is 5.73 Å². The summed E-state index contributed by atoms with van der Waals surface area (Å²) >= 11 is 4.84. The maximum absolute atomic E-state index is 12.3. The minimum Gasteiger partial charge on any atom is -0.611 e. The van der Waals surface area contributed by atoms with Crippen molar-refractivity contribution in [3.05, 3.63) is 29.3 Å². The molecule has 1 aliphatic rings. The molecule has 0 amide bonds. The van der Waals surface area contributed by atoms with Crippen molar-refractivity contribution < 1.29 is 9.66 Å². The Balaban J connectivity index is 1.75. The van der Waals surface area contributed by atoms with Gasteiger partial charge in [0.25, 0.3) is 0 Å². The van der Waals surface area contributed by atoms with E-state index in [0.29, 0.717) is 5.02 Å². The first kappa shape index (κ1) is 15.1. The monoisotopic (exact) mass is 302 g/mol. The molecule has 0 spiro atoms. The fraction of sp³-hybridized carbons (Fsp3) is 0.538. The van der Waals surface area contributed by atoms with Gasteiger partial charge in [0, 0.05) is 30.7 Å². The number of likely N-dealkylation sites (tertiary alicyclic amines) is 1. The Bertz CT molecular complexity index is 398. The maximum Gasteiger partial charge on any atom is 0.153 e. The van der Waals surface area contributed by atoms with Crippen molar-refractivity contribution in [2.45, 2.75) is 22.6 Å². The van der Waals surface area contributed by atoms with Crippen LogP contribution in [-0.4, -0.2) is 52.1 Å². The van der Waals surface area contributed by atoms with E-state index in [4.69, 9.17) is 22.4 Å². The fourth-order valence-corrected chi connectivity index (χ4v) is 3.65. The number of nitrogens with two attached hydrogens (primary N) is 1. The first-order chi connectivity index (χ1) is 9.10. The molecule has 2 atom stereocenters. The number of aliphatic hydroxyl groups excluding tert-OH is 1. The predicted molar refractivity (Wildman–Crippen MR) is 77.8 cm³/mol. The number of halogens is 1. The summed E-state index contributed by atoms with van der Waals surface area (Å²) in [5.41, 5.74) is 5.65. The van der Waals surface area contributed by atoms with Crippen molar-refractivity contribution in [2.24, 2.45) is 5.73 Å². The lowest BCUT2D eigenvalue weighted by Gasteiger charge is -2.39. The van der Waals surface area contributed by atoms with Crippen molar-refractivity contribution in [3.8, 4) is 0 Å². The van der Waals surface area contributed by atoms with E-state index in [1.807, 2.05) is 12.1 Å². The summed E-state index contributed by atoms with van der Waals surface area (Å²) in [5, 5.41) is 9.69. The second-order valence-corrected chi connectivity index (χ2v) is 7.03. The van der Waals surface area contributed by atoms with Crippen LogP contribution in [0.3, 0.4) is 0 Å². The molecule has 2 rings (SSSR count). The topological polar surface area (TPSA) is 72.5 Å². The van der Waals surface area contributed by atoms with Crippen molar-refractivity contribution in [2.75, 3.05) is 26.2 Å². The first-order valence-electron chi connectivity index (χ1n) is 6.35. The molecule has 1 fully saturated rings. The third kappa shape index (κ3) is 4.08.